The third kappa shape index (κ3) is 5.07. The fraction of sp³-hybridized carbons (Fsp3) is 0.542. The molecule has 0 N–H and O–H groups in total. The lowest BCUT2D eigenvalue weighted by atomic mass is 9.82. The third-order valence-electron chi connectivity index (χ3n) is 6.65. The van der Waals surface area contributed by atoms with E-state index < -0.39 is 0 Å². The Kier molecular flexibility index (Phi) is 6.66. The van der Waals surface area contributed by atoms with E-state index in [2.05, 4.69) is 31.3 Å². The van der Waals surface area contributed by atoms with Crippen molar-refractivity contribution in [3.63, 3.8) is 0 Å². The molecule has 1 aromatic carbocycles. The molecular formula is C24H32NO3S+. The first-order valence-electron chi connectivity index (χ1n) is 10.9. The van der Waals surface area contributed by atoms with Crippen LogP contribution in [0.25, 0.3) is 0 Å². The summed E-state index contributed by atoms with van der Waals surface area (Å²) in [5, 5.41) is 0. The van der Waals surface area contributed by atoms with Gasteiger partial charge in [0.25, 0.3) is 0 Å². The van der Waals surface area contributed by atoms with E-state index in [9.17, 15) is 4.79 Å². The lowest BCUT2D eigenvalue weighted by Gasteiger charge is -2.51. The molecule has 2 aliphatic heterocycles. The van der Waals surface area contributed by atoms with Crippen LogP contribution in [0, 0.1) is 5.92 Å². The molecule has 0 amide bonds. The summed E-state index contributed by atoms with van der Waals surface area (Å²) in [6.45, 7) is 3.07. The average Bonchev–Trinajstić information content (AvgIpc) is 3.21. The standard InChI is InChI=1S/C24H32NO3S/c1-25-14-6-5-11-22(25)20(10-7-15-25)16-27-24(26)23-13-12-21(28-23)18-29-17-19-8-3-2-4-9-19/h2-4,8-9,12-13,20,22H,5-7,10-11,14-18H2,1H3/q+1/t20-,22+,25+/m1/s1. The van der Waals surface area contributed by atoms with Gasteiger partial charge in [-0.2, -0.15) is 0 Å². The van der Waals surface area contributed by atoms with Crippen molar-refractivity contribution in [1.82, 2.24) is 0 Å². The van der Waals surface area contributed by atoms with Gasteiger partial charge in [-0.3, -0.25) is 0 Å². The normalized spacial score (nSPS) is 26.7. The zero-order valence-corrected chi connectivity index (χ0v) is 18.2. The summed E-state index contributed by atoms with van der Waals surface area (Å²) >= 11 is 1.78. The molecule has 0 spiro atoms. The van der Waals surface area contributed by atoms with Gasteiger partial charge in [-0.15, -0.1) is 11.8 Å². The van der Waals surface area contributed by atoms with Gasteiger partial charge in [-0.25, -0.2) is 4.79 Å². The van der Waals surface area contributed by atoms with Crippen molar-refractivity contribution in [3.8, 4) is 0 Å². The summed E-state index contributed by atoms with van der Waals surface area (Å²) in [5.41, 5.74) is 1.30. The minimum absolute atomic E-state index is 0.320. The zero-order valence-electron chi connectivity index (χ0n) is 17.3. The molecule has 0 saturated carbocycles. The van der Waals surface area contributed by atoms with Crippen molar-refractivity contribution in [2.75, 3.05) is 26.7 Å². The molecule has 1 aromatic heterocycles. The third-order valence-corrected chi connectivity index (χ3v) is 7.68. The average molecular weight is 415 g/mol. The molecule has 0 radical (unpaired) electrons. The number of nitrogens with zero attached hydrogens (tertiary/aromatic N) is 1. The molecule has 29 heavy (non-hydrogen) atoms. The Morgan fingerprint density at radius 2 is 1.90 bits per heavy atom. The number of carbonyl (C=O) groups is 1. The van der Waals surface area contributed by atoms with Crippen LogP contribution in [-0.4, -0.2) is 43.2 Å². The second kappa shape index (κ2) is 9.40. The number of thioether (sulfide) groups is 1. The number of furan rings is 1. The highest BCUT2D eigenvalue weighted by atomic mass is 32.2. The Morgan fingerprint density at radius 1 is 1.07 bits per heavy atom. The topological polar surface area (TPSA) is 39.4 Å². The summed E-state index contributed by atoms with van der Waals surface area (Å²) in [4.78, 5) is 12.5. The zero-order chi connectivity index (χ0) is 20.1. The molecule has 2 fully saturated rings. The SMILES string of the molecule is C[N@@+]12CCCC[C@H]1[C@@H](COC(=O)c1ccc(CSCc3ccccc3)o1)CCC2. The lowest BCUT2D eigenvalue weighted by Crippen LogP contribution is -2.61. The van der Waals surface area contributed by atoms with Gasteiger partial charge in [0.1, 0.15) is 12.4 Å². The smallest absolute Gasteiger partial charge is 0.374 e. The number of carbonyl (C=O) groups excluding carboxylic acids is 1. The van der Waals surface area contributed by atoms with E-state index in [0.717, 1.165) is 17.3 Å². The van der Waals surface area contributed by atoms with E-state index in [1.807, 2.05) is 12.1 Å². The van der Waals surface area contributed by atoms with Crippen molar-refractivity contribution in [2.45, 2.75) is 49.7 Å². The van der Waals surface area contributed by atoms with Crippen LogP contribution in [0.4, 0.5) is 0 Å². The Hall–Kier alpha value is -1.72. The van der Waals surface area contributed by atoms with Crippen LogP contribution in [0.15, 0.2) is 46.9 Å². The fourth-order valence-electron chi connectivity index (χ4n) is 5.09. The number of hydrogen-bond donors (Lipinski definition) is 0. The van der Waals surface area contributed by atoms with E-state index in [1.165, 1.54) is 55.2 Å². The highest BCUT2D eigenvalue weighted by Gasteiger charge is 2.43. The largest absolute Gasteiger partial charge is 0.459 e. The predicted molar refractivity (Wildman–Crippen MR) is 117 cm³/mol. The lowest BCUT2D eigenvalue weighted by molar-refractivity contribution is -0.947. The number of benzene rings is 1. The monoisotopic (exact) mass is 414 g/mol. The van der Waals surface area contributed by atoms with Gasteiger partial charge in [-0.1, -0.05) is 30.3 Å². The van der Waals surface area contributed by atoms with Gasteiger partial charge in [0.05, 0.1) is 31.9 Å². The Bertz CT molecular complexity index is 801. The molecule has 2 saturated heterocycles. The highest BCUT2D eigenvalue weighted by molar-refractivity contribution is 7.97. The van der Waals surface area contributed by atoms with Gasteiger partial charge in [0.15, 0.2) is 0 Å². The van der Waals surface area contributed by atoms with E-state index >= 15 is 0 Å². The predicted octanol–water partition coefficient (Wildman–Crippen LogP) is 5.28. The number of piperidine rings is 2. The molecule has 5 heteroatoms. The molecule has 0 unspecified atom stereocenters. The molecule has 4 rings (SSSR count). The summed E-state index contributed by atoms with van der Waals surface area (Å²) in [6, 6.07) is 14.7. The quantitative estimate of drug-likeness (QED) is 0.456. The number of fused-ring (bicyclic) bond motifs is 1. The molecule has 2 aromatic rings. The van der Waals surface area contributed by atoms with Crippen molar-refractivity contribution < 1.29 is 18.4 Å². The molecule has 156 valence electrons. The summed E-state index contributed by atoms with van der Waals surface area (Å²) < 4.78 is 12.6. The van der Waals surface area contributed by atoms with Crippen molar-refractivity contribution in [3.05, 3.63) is 59.5 Å². The first-order chi connectivity index (χ1) is 14.1. The van der Waals surface area contributed by atoms with Gasteiger partial charge < -0.3 is 13.6 Å². The van der Waals surface area contributed by atoms with Crippen LogP contribution >= 0.6 is 11.8 Å². The van der Waals surface area contributed by atoms with Crippen molar-refractivity contribution in [2.24, 2.45) is 5.92 Å². The Morgan fingerprint density at radius 3 is 2.76 bits per heavy atom. The Labute approximate surface area is 178 Å². The van der Waals surface area contributed by atoms with Crippen LogP contribution in [0.2, 0.25) is 0 Å². The van der Waals surface area contributed by atoms with Crippen LogP contribution in [0.3, 0.4) is 0 Å². The maximum atomic E-state index is 12.5. The molecule has 3 heterocycles. The molecule has 4 nitrogen and oxygen atoms in total. The number of esters is 1. The highest BCUT2D eigenvalue weighted by Crippen LogP contribution is 2.36. The van der Waals surface area contributed by atoms with Crippen LogP contribution < -0.4 is 0 Å². The van der Waals surface area contributed by atoms with Gasteiger partial charge in [0.2, 0.25) is 5.76 Å². The van der Waals surface area contributed by atoms with E-state index in [4.69, 9.17) is 9.15 Å². The molecule has 0 bridgehead atoms. The number of rotatable bonds is 7. The fourth-order valence-corrected chi connectivity index (χ4v) is 5.98. The van der Waals surface area contributed by atoms with Crippen LogP contribution in [0.5, 0.6) is 0 Å². The molecule has 2 aliphatic rings. The van der Waals surface area contributed by atoms with Gasteiger partial charge in [0, 0.05) is 18.1 Å². The van der Waals surface area contributed by atoms with E-state index in [-0.39, 0.29) is 5.97 Å². The van der Waals surface area contributed by atoms with Gasteiger partial charge in [-0.05, 0) is 43.4 Å². The maximum absolute atomic E-state index is 12.5. The summed E-state index contributed by atoms with van der Waals surface area (Å²) in [6.07, 6.45) is 6.31. The van der Waals surface area contributed by atoms with Gasteiger partial charge >= 0.3 is 5.97 Å². The van der Waals surface area contributed by atoms with Crippen LogP contribution in [-0.2, 0) is 16.2 Å². The number of hydrogen-bond acceptors (Lipinski definition) is 4. The second-order valence-electron chi connectivity index (χ2n) is 8.73. The summed E-state index contributed by atoms with van der Waals surface area (Å²) in [7, 11) is 2.39. The Balaban J connectivity index is 1.26. The van der Waals surface area contributed by atoms with Crippen LogP contribution in [0.1, 0.15) is 54.0 Å². The van der Waals surface area contributed by atoms with E-state index in [0.29, 0.717) is 24.3 Å². The number of ether oxygens (including phenoxy) is 1. The van der Waals surface area contributed by atoms with Crippen molar-refractivity contribution >= 4 is 17.7 Å². The minimum Gasteiger partial charge on any atom is -0.459 e. The minimum atomic E-state index is -0.320. The van der Waals surface area contributed by atoms with E-state index in [1.54, 1.807) is 17.8 Å². The maximum Gasteiger partial charge on any atom is 0.374 e. The summed E-state index contributed by atoms with van der Waals surface area (Å²) in [5.74, 6) is 3.00. The number of quaternary nitrogens is 1. The first-order valence-corrected chi connectivity index (χ1v) is 12.0. The van der Waals surface area contributed by atoms with Crippen molar-refractivity contribution in [1.29, 1.82) is 0 Å². The molecule has 3 atom stereocenters. The second-order valence-corrected chi connectivity index (χ2v) is 9.72. The first kappa shape index (κ1) is 20.5. The molecule has 0 aliphatic carbocycles. The molecular weight excluding hydrogens is 382 g/mol.